The number of anilines is 1. The molecule has 1 fully saturated rings. The van der Waals surface area contributed by atoms with E-state index in [1.54, 1.807) is 18.5 Å². The Kier molecular flexibility index (Phi) is 8.96. The van der Waals surface area contributed by atoms with E-state index in [1.807, 2.05) is 19.2 Å². The molecule has 1 saturated heterocycles. The number of terminal acetylenes is 1. The van der Waals surface area contributed by atoms with E-state index in [4.69, 9.17) is 4.98 Å². The van der Waals surface area contributed by atoms with Gasteiger partial charge in [-0.25, -0.2) is 9.37 Å². The summed E-state index contributed by atoms with van der Waals surface area (Å²) in [7, 11) is 1.93. The molecule has 3 heterocycles. The van der Waals surface area contributed by atoms with Crippen LogP contribution in [0.3, 0.4) is 0 Å². The third-order valence-corrected chi connectivity index (χ3v) is 6.94. The lowest BCUT2D eigenvalue weighted by molar-refractivity contribution is 0.441. The number of hydrogen-bond acceptors (Lipinski definition) is 4. The Morgan fingerprint density at radius 2 is 1.95 bits per heavy atom. The van der Waals surface area contributed by atoms with E-state index in [1.165, 1.54) is 30.7 Å². The largest absolute Gasteiger partial charge is 0.388 e. The fourth-order valence-electron chi connectivity index (χ4n) is 5.03. The van der Waals surface area contributed by atoms with Crippen LogP contribution in [0.15, 0.2) is 85.4 Å². The molecule has 1 aliphatic rings. The van der Waals surface area contributed by atoms with Crippen molar-refractivity contribution in [2.45, 2.75) is 26.2 Å². The second kappa shape index (κ2) is 12.7. The summed E-state index contributed by atoms with van der Waals surface area (Å²) in [6, 6.07) is 13.0. The molecule has 198 valence electrons. The van der Waals surface area contributed by atoms with Crippen molar-refractivity contribution in [3.8, 4) is 24.0 Å². The number of imidazole rings is 1. The molecule has 0 radical (unpaired) electrons. The second-order valence-corrected chi connectivity index (χ2v) is 9.29. The number of fused-ring (bicyclic) bond motifs is 1. The SMILES string of the molecule is C#C.C=C/C(=C\C(=C/C)c1ccc(NC)c(Cc2nc3c(-c4cccc(F)c4)cncc3[nH]2)c1)N1CCCC1. The van der Waals surface area contributed by atoms with Crippen molar-refractivity contribution < 1.29 is 4.39 Å². The normalized spacial score (nSPS) is 13.7. The van der Waals surface area contributed by atoms with Crippen LogP contribution in [0.2, 0.25) is 0 Å². The Balaban J connectivity index is 0.00000172. The molecular formula is C33H34FN5. The predicted octanol–water partition coefficient (Wildman–Crippen LogP) is 7.21. The van der Waals surface area contributed by atoms with Gasteiger partial charge in [0, 0.05) is 49.7 Å². The minimum Gasteiger partial charge on any atom is -0.388 e. The first-order valence-corrected chi connectivity index (χ1v) is 13.1. The van der Waals surface area contributed by atoms with Gasteiger partial charge in [-0.15, -0.1) is 12.8 Å². The second-order valence-electron chi connectivity index (χ2n) is 9.29. The van der Waals surface area contributed by atoms with Gasteiger partial charge in [0.25, 0.3) is 0 Å². The molecule has 0 amide bonds. The number of hydrogen-bond donors (Lipinski definition) is 2. The highest BCUT2D eigenvalue weighted by Gasteiger charge is 2.15. The molecule has 0 aliphatic carbocycles. The smallest absolute Gasteiger partial charge is 0.123 e. The summed E-state index contributed by atoms with van der Waals surface area (Å²) in [6.07, 6.45) is 20.9. The molecule has 4 aromatic rings. The maximum Gasteiger partial charge on any atom is 0.123 e. The molecule has 0 atom stereocenters. The van der Waals surface area contributed by atoms with Crippen molar-refractivity contribution in [3.63, 3.8) is 0 Å². The number of allylic oxidation sites excluding steroid dienone is 4. The number of aromatic nitrogens is 3. The molecule has 1 aliphatic heterocycles. The van der Waals surface area contributed by atoms with Gasteiger partial charge in [0.1, 0.15) is 11.6 Å². The molecule has 0 bridgehead atoms. The highest BCUT2D eigenvalue weighted by Crippen LogP contribution is 2.30. The number of benzene rings is 2. The number of nitrogens with one attached hydrogen (secondary N) is 2. The van der Waals surface area contributed by atoms with E-state index < -0.39 is 0 Å². The summed E-state index contributed by atoms with van der Waals surface area (Å²) in [5.74, 6) is 0.551. The van der Waals surface area contributed by atoms with Crippen LogP contribution in [-0.2, 0) is 6.42 Å². The molecule has 5 rings (SSSR count). The van der Waals surface area contributed by atoms with Crippen LogP contribution in [0.4, 0.5) is 10.1 Å². The first kappa shape index (κ1) is 27.4. The zero-order valence-corrected chi connectivity index (χ0v) is 22.5. The van der Waals surface area contributed by atoms with Crippen molar-refractivity contribution >= 4 is 22.3 Å². The van der Waals surface area contributed by atoms with Gasteiger partial charge in [-0.3, -0.25) is 4.98 Å². The van der Waals surface area contributed by atoms with Gasteiger partial charge in [-0.05, 0) is 78.4 Å². The summed E-state index contributed by atoms with van der Waals surface area (Å²) in [6.45, 7) is 8.29. The molecule has 0 spiro atoms. The van der Waals surface area contributed by atoms with Crippen molar-refractivity contribution in [2.24, 2.45) is 0 Å². The number of aromatic amines is 1. The van der Waals surface area contributed by atoms with Crippen molar-refractivity contribution in [1.29, 1.82) is 0 Å². The van der Waals surface area contributed by atoms with Gasteiger partial charge < -0.3 is 15.2 Å². The lowest BCUT2D eigenvalue weighted by Crippen LogP contribution is -2.17. The number of H-pyrrole nitrogens is 1. The maximum absolute atomic E-state index is 13.9. The topological polar surface area (TPSA) is 56.8 Å². The molecule has 6 heteroatoms. The van der Waals surface area contributed by atoms with Crippen LogP contribution in [0.5, 0.6) is 0 Å². The third-order valence-electron chi connectivity index (χ3n) is 6.94. The minimum absolute atomic E-state index is 0.279. The summed E-state index contributed by atoms with van der Waals surface area (Å²) in [4.78, 5) is 15.1. The average molecular weight is 520 g/mol. The molecule has 2 aromatic heterocycles. The monoisotopic (exact) mass is 519 g/mol. The van der Waals surface area contributed by atoms with Crippen LogP contribution in [0, 0.1) is 18.7 Å². The van der Waals surface area contributed by atoms with E-state index in [2.05, 4.69) is 76.9 Å². The van der Waals surface area contributed by atoms with Gasteiger partial charge in [-0.2, -0.15) is 0 Å². The molecule has 5 nitrogen and oxygen atoms in total. The molecule has 2 aromatic carbocycles. The van der Waals surface area contributed by atoms with E-state index >= 15 is 0 Å². The van der Waals surface area contributed by atoms with Gasteiger partial charge in [0.15, 0.2) is 0 Å². The van der Waals surface area contributed by atoms with Crippen molar-refractivity contribution in [2.75, 3.05) is 25.5 Å². The standard InChI is InChI=1S/C31H32FN5.C2H2/c1-4-21(17-26(5-2)37-13-6-7-14-37)22-11-12-28(33-3)24(15-22)18-30-35-29-20-34-19-27(31(29)36-30)23-9-8-10-25(32)16-23;1-2/h4-5,8-12,15-17,19-20,33H,2,6-7,13-14,18H2,1,3H3,(H,35,36);1-2H/b21-4+,26-17+;. The van der Waals surface area contributed by atoms with Gasteiger partial charge in [-0.1, -0.05) is 30.9 Å². The third kappa shape index (κ3) is 6.10. The summed E-state index contributed by atoms with van der Waals surface area (Å²) in [5.41, 5.74) is 8.84. The molecule has 2 N–H and O–H groups in total. The summed E-state index contributed by atoms with van der Waals surface area (Å²) in [5, 5.41) is 3.32. The van der Waals surface area contributed by atoms with E-state index in [9.17, 15) is 4.39 Å². The average Bonchev–Trinajstić information content (AvgIpc) is 3.65. The molecular weight excluding hydrogens is 485 g/mol. The minimum atomic E-state index is -0.279. The van der Waals surface area contributed by atoms with Gasteiger partial charge in [0.05, 0.1) is 17.2 Å². The van der Waals surface area contributed by atoms with Gasteiger partial charge in [0.2, 0.25) is 0 Å². The molecule has 0 unspecified atom stereocenters. The summed E-state index contributed by atoms with van der Waals surface area (Å²) < 4.78 is 13.9. The Bertz CT molecular complexity index is 1540. The first-order chi connectivity index (χ1) is 19.1. The quantitative estimate of drug-likeness (QED) is 0.191. The highest BCUT2D eigenvalue weighted by molar-refractivity contribution is 5.91. The number of pyridine rings is 1. The van der Waals surface area contributed by atoms with E-state index in [-0.39, 0.29) is 5.82 Å². The Morgan fingerprint density at radius 1 is 1.15 bits per heavy atom. The fourth-order valence-corrected chi connectivity index (χ4v) is 5.03. The number of rotatable bonds is 8. The van der Waals surface area contributed by atoms with E-state index in [0.717, 1.165) is 63.5 Å². The van der Waals surface area contributed by atoms with Crippen LogP contribution >= 0.6 is 0 Å². The number of likely N-dealkylation sites (tertiary alicyclic amines) is 1. The Morgan fingerprint density at radius 3 is 2.64 bits per heavy atom. The predicted molar refractivity (Wildman–Crippen MR) is 161 cm³/mol. The van der Waals surface area contributed by atoms with Crippen molar-refractivity contribution in [3.05, 3.63) is 108 Å². The highest BCUT2D eigenvalue weighted by atomic mass is 19.1. The first-order valence-electron chi connectivity index (χ1n) is 13.1. The van der Waals surface area contributed by atoms with Crippen LogP contribution in [0.25, 0.3) is 27.7 Å². The maximum atomic E-state index is 13.9. The van der Waals surface area contributed by atoms with Crippen LogP contribution in [-0.4, -0.2) is 40.0 Å². The van der Waals surface area contributed by atoms with Crippen molar-refractivity contribution in [1.82, 2.24) is 19.9 Å². The molecule has 0 saturated carbocycles. The Labute approximate surface area is 230 Å². The number of nitrogens with zero attached hydrogens (tertiary/aromatic N) is 3. The fraction of sp³-hybridized carbons (Fsp3) is 0.212. The summed E-state index contributed by atoms with van der Waals surface area (Å²) >= 11 is 0. The van der Waals surface area contributed by atoms with Crippen LogP contribution < -0.4 is 5.32 Å². The number of halogens is 1. The van der Waals surface area contributed by atoms with Crippen LogP contribution in [0.1, 0.15) is 36.7 Å². The van der Waals surface area contributed by atoms with E-state index in [0.29, 0.717) is 6.42 Å². The zero-order valence-electron chi connectivity index (χ0n) is 22.5. The lowest BCUT2D eigenvalue weighted by Gasteiger charge is -2.19. The molecule has 39 heavy (non-hydrogen) atoms. The zero-order chi connectivity index (χ0) is 27.8. The lowest BCUT2D eigenvalue weighted by atomic mass is 9.98. The van der Waals surface area contributed by atoms with Gasteiger partial charge >= 0.3 is 0 Å². The Hall–Kier alpha value is -4.63.